The van der Waals surface area contributed by atoms with Crippen molar-refractivity contribution in [3.05, 3.63) is 41.2 Å². The second-order valence-electron chi connectivity index (χ2n) is 6.89. The lowest BCUT2D eigenvalue weighted by Gasteiger charge is -2.28. The monoisotopic (exact) mass is 341 g/mol. The Bertz CT molecular complexity index is 769. The highest BCUT2D eigenvalue weighted by molar-refractivity contribution is 5.89. The number of carbonyl (C=O) groups excluding carboxylic acids is 1. The van der Waals surface area contributed by atoms with Gasteiger partial charge in [-0.05, 0) is 43.4 Å². The molecule has 0 bridgehead atoms. The van der Waals surface area contributed by atoms with Crippen molar-refractivity contribution in [2.75, 3.05) is 18.5 Å². The smallest absolute Gasteiger partial charge is 0.322 e. The van der Waals surface area contributed by atoms with Crippen LogP contribution in [0.15, 0.2) is 24.3 Å². The predicted octanol–water partition coefficient (Wildman–Crippen LogP) is 2.56. The maximum absolute atomic E-state index is 12.6. The van der Waals surface area contributed by atoms with E-state index in [0.717, 1.165) is 35.2 Å². The molecule has 0 saturated heterocycles. The second kappa shape index (κ2) is 6.84. The molecule has 2 heterocycles. The number of hydrogen-bond acceptors (Lipinski definition) is 4. The third kappa shape index (κ3) is 3.82. The van der Waals surface area contributed by atoms with Crippen molar-refractivity contribution in [1.29, 1.82) is 0 Å². The van der Waals surface area contributed by atoms with Crippen LogP contribution in [0.25, 0.3) is 0 Å². The Kier molecular flexibility index (Phi) is 4.40. The fourth-order valence-corrected chi connectivity index (χ4v) is 3.01. The van der Waals surface area contributed by atoms with Crippen molar-refractivity contribution in [2.24, 2.45) is 5.92 Å². The van der Waals surface area contributed by atoms with Gasteiger partial charge in [-0.1, -0.05) is 17.3 Å². The van der Waals surface area contributed by atoms with Crippen molar-refractivity contribution in [3.8, 4) is 0 Å². The van der Waals surface area contributed by atoms with Crippen LogP contribution in [0.3, 0.4) is 0 Å². The van der Waals surface area contributed by atoms with E-state index in [1.165, 1.54) is 12.8 Å². The molecule has 1 aromatic heterocycles. The number of urea groups is 1. The number of anilines is 1. The molecule has 1 aliphatic carbocycles. The Labute approximate surface area is 147 Å². The van der Waals surface area contributed by atoms with E-state index >= 15 is 0 Å². The maximum atomic E-state index is 12.6. The molecule has 2 aliphatic rings. The lowest BCUT2D eigenvalue weighted by molar-refractivity contribution is 0.107. The van der Waals surface area contributed by atoms with Gasteiger partial charge in [0, 0.05) is 18.8 Å². The molecule has 0 unspecified atom stereocenters. The first-order valence-corrected chi connectivity index (χ1v) is 8.80. The molecule has 132 valence electrons. The molecule has 25 heavy (non-hydrogen) atoms. The van der Waals surface area contributed by atoms with Gasteiger partial charge in [0.2, 0.25) is 0 Å². The van der Waals surface area contributed by atoms with Gasteiger partial charge in [0.05, 0.1) is 25.4 Å². The van der Waals surface area contributed by atoms with E-state index in [4.69, 9.17) is 4.74 Å². The minimum atomic E-state index is -0.0945. The average Bonchev–Trinajstić information content (AvgIpc) is 3.34. The number of hydrogen-bond donors (Lipinski definition) is 1. The number of carbonyl (C=O) groups is 1. The van der Waals surface area contributed by atoms with E-state index in [2.05, 4.69) is 15.6 Å². The Hall–Kier alpha value is -2.41. The molecule has 2 aromatic rings. The molecule has 1 aromatic carbocycles. The molecule has 1 N–H and O–H groups in total. The summed E-state index contributed by atoms with van der Waals surface area (Å²) in [6, 6.07) is 7.72. The van der Waals surface area contributed by atoms with Gasteiger partial charge in [-0.15, -0.1) is 5.10 Å². The number of nitrogens with zero attached hydrogens (tertiary/aromatic N) is 4. The third-order valence-electron chi connectivity index (χ3n) is 4.69. The molecule has 1 fully saturated rings. The van der Waals surface area contributed by atoms with Crippen molar-refractivity contribution < 1.29 is 9.53 Å². The topological polar surface area (TPSA) is 72.3 Å². The van der Waals surface area contributed by atoms with Crippen molar-refractivity contribution in [2.45, 2.75) is 39.5 Å². The summed E-state index contributed by atoms with van der Waals surface area (Å²) in [5, 5.41) is 11.4. The Morgan fingerprint density at radius 3 is 3.04 bits per heavy atom. The van der Waals surface area contributed by atoms with Gasteiger partial charge in [-0.3, -0.25) is 0 Å². The van der Waals surface area contributed by atoms with Crippen LogP contribution in [-0.4, -0.2) is 39.1 Å². The van der Waals surface area contributed by atoms with E-state index in [1.54, 1.807) is 4.90 Å². The van der Waals surface area contributed by atoms with Crippen LogP contribution < -0.4 is 5.32 Å². The van der Waals surface area contributed by atoms with E-state index in [0.29, 0.717) is 26.2 Å². The van der Waals surface area contributed by atoms with Gasteiger partial charge in [0.25, 0.3) is 0 Å². The number of amides is 2. The summed E-state index contributed by atoms with van der Waals surface area (Å²) in [4.78, 5) is 14.4. The highest BCUT2D eigenvalue weighted by Crippen LogP contribution is 2.29. The zero-order valence-electron chi connectivity index (χ0n) is 14.4. The molecule has 2 amide bonds. The summed E-state index contributed by atoms with van der Waals surface area (Å²) < 4.78 is 7.62. The van der Waals surface area contributed by atoms with E-state index in [-0.39, 0.29) is 6.03 Å². The molecule has 1 saturated carbocycles. The molecule has 0 radical (unpaired) electrons. The van der Waals surface area contributed by atoms with Crippen LogP contribution in [0.5, 0.6) is 0 Å². The first-order chi connectivity index (χ1) is 12.2. The third-order valence-corrected chi connectivity index (χ3v) is 4.69. The lowest BCUT2D eigenvalue weighted by atomic mass is 10.2. The fourth-order valence-electron chi connectivity index (χ4n) is 3.01. The highest BCUT2D eigenvalue weighted by Gasteiger charge is 2.26. The van der Waals surface area contributed by atoms with E-state index in [1.807, 2.05) is 35.9 Å². The molecular formula is C18H23N5O2. The van der Waals surface area contributed by atoms with Crippen LogP contribution >= 0.6 is 0 Å². The van der Waals surface area contributed by atoms with Gasteiger partial charge >= 0.3 is 6.03 Å². The maximum Gasteiger partial charge on any atom is 0.322 e. The van der Waals surface area contributed by atoms with Gasteiger partial charge in [-0.2, -0.15) is 0 Å². The molecular weight excluding hydrogens is 318 g/mol. The summed E-state index contributed by atoms with van der Waals surface area (Å²) in [6.07, 6.45) is 2.54. The fraction of sp³-hybridized carbons (Fsp3) is 0.500. The van der Waals surface area contributed by atoms with E-state index in [9.17, 15) is 4.79 Å². The number of aryl methyl sites for hydroxylation is 1. The minimum Gasteiger partial charge on any atom is -0.375 e. The first kappa shape index (κ1) is 16.1. The average molecular weight is 341 g/mol. The molecule has 0 spiro atoms. The van der Waals surface area contributed by atoms with Gasteiger partial charge in [0.15, 0.2) is 0 Å². The molecule has 4 rings (SSSR count). The second-order valence-corrected chi connectivity index (χ2v) is 6.89. The summed E-state index contributed by atoms with van der Waals surface area (Å²) in [7, 11) is 0. The molecule has 1 aliphatic heterocycles. The van der Waals surface area contributed by atoms with Crippen LogP contribution in [0.2, 0.25) is 0 Å². The Balaban J connectivity index is 1.39. The lowest BCUT2D eigenvalue weighted by Crippen LogP contribution is -2.41. The zero-order chi connectivity index (χ0) is 17.2. The zero-order valence-corrected chi connectivity index (χ0v) is 14.4. The summed E-state index contributed by atoms with van der Waals surface area (Å²) in [6.45, 7) is 5.06. The van der Waals surface area contributed by atoms with E-state index < -0.39 is 0 Å². The highest BCUT2D eigenvalue weighted by atomic mass is 16.5. The minimum absolute atomic E-state index is 0.0945. The number of nitrogens with one attached hydrogen (secondary N) is 1. The van der Waals surface area contributed by atoms with Gasteiger partial charge in [0.1, 0.15) is 5.69 Å². The number of aromatic nitrogens is 3. The standard InChI is InChI=1S/C18H23N5O2/c1-13-3-2-4-15(9-13)19-18(24)22-7-8-23-17(10-22)16(20-21-23)12-25-11-14-5-6-14/h2-4,9,14H,5-8,10-12H2,1H3,(H,19,24). The largest absolute Gasteiger partial charge is 0.375 e. The van der Waals surface area contributed by atoms with Gasteiger partial charge < -0.3 is 15.0 Å². The van der Waals surface area contributed by atoms with Crippen LogP contribution in [0, 0.1) is 12.8 Å². The molecule has 7 nitrogen and oxygen atoms in total. The summed E-state index contributed by atoms with van der Waals surface area (Å²) >= 11 is 0. The SMILES string of the molecule is Cc1cccc(NC(=O)N2CCn3nnc(COCC4CC4)c3C2)c1. The number of ether oxygens (including phenoxy) is 1. The van der Waals surface area contributed by atoms with Crippen LogP contribution in [-0.2, 0) is 24.4 Å². The van der Waals surface area contributed by atoms with Crippen molar-refractivity contribution in [3.63, 3.8) is 0 Å². The summed E-state index contributed by atoms with van der Waals surface area (Å²) in [5.74, 6) is 0.725. The summed E-state index contributed by atoms with van der Waals surface area (Å²) in [5.41, 5.74) is 3.75. The van der Waals surface area contributed by atoms with Crippen LogP contribution in [0.4, 0.5) is 10.5 Å². The first-order valence-electron chi connectivity index (χ1n) is 8.80. The Morgan fingerprint density at radius 2 is 2.24 bits per heavy atom. The number of rotatable bonds is 5. The predicted molar refractivity (Wildman–Crippen MR) is 93.0 cm³/mol. The van der Waals surface area contributed by atoms with Crippen molar-refractivity contribution >= 4 is 11.7 Å². The molecule has 7 heteroatoms. The van der Waals surface area contributed by atoms with Crippen LogP contribution in [0.1, 0.15) is 29.8 Å². The molecule has 0 atom stereocenters. The normalized spacial score (nSPS) is 16.6. The Morgan fingerprint density at radius 1 is 1.36 bits per heavy atom. The number of benzene rings is 1. The van der Waals surface area contributed by atoms with Gasteiger partial charge in [-0.25, -0.2) is 9.48 Å². The van der Waals surface area contributed by atoms with Crippen molar-refractivity contribution in [1.82, 2.24) is 19.9 Å². The quantitative estimate of drug-likeness (QED) is 0.907. The number of fused-ring (bicyclic) bond motifs is 1.